The van der Waals surface area contributed by atoms with E-state index in [1.165, 1.54) is 6.42 Å². The lowest BCUT2D eigenvalue weighted by molar-refractivity contribution is -0.127. The second-order valence-corrected chi connectivity index (χ2v) is 4.37. The molecule has 1 rings (SSSR count). The van der Waals surface area contributed by atoms with Crippen molar-refractivity contribution in [2.24, 2.45) is 5.92 Å². The highest BCUT2D eigenvalue weighted by Crippen LogP contribution is 2.09. The third-order valence-electron chi connectivity index (χ3n) is 3.09. The van der Waals surface area contributed by atoms with Crippen molar-refractivity contribution in [2.45, 2.75) is 39.7 Å². The maximum atomic E-state index is 11.1. The number of carbonyl (C=O) groups excluding carboxylic acids is 1. The first kappa shape index (κ1) is 11.5. The Labute approximate surface area is 86.9 Å². The minimum Gasteiger partial charge on any atom is -0.341 e. The van der Waals surface area contributed by atoms with Crippen LogP contribution in [0.25, 0.3) is 0 Å². The molecule has 0 aromatic carbocycles. The zero-order valence-electron chi connectivity index (χ0n) is 9.55. The van der Waals surface area contributed by atoms with E-state index in [0.29, 0.717) is 6.04 Å². The second kappa shape index (κ2) is 5.35. The van der Waals surface area contributed by atoms with E-state index >= 15 is 0 Å². The van der Waals surface area contributed by atoms with Crippen LogP contribution >= 0.6 is 0 Å². The number of rotatable bonds is 4. The summed E-state index contributed by atoms with van der Waals surface area (Å²) in [7, 11) is 0. The average Bonchev–Trinajstić information content (AvgIpc) is 2.62. The van der Waals surface area contributed by atoms with E-state index in [1.807, 2.05) is 4.90 Å². The Balaban J connectivity index is 2.19. The first-order chi connectivity index (χ1) is 6.63. The van der Waals surface area contributed by atoms with Gasteiger partial charge < -0.3 is 10.2 Å². The van der Waals surface area contributed by atoms with Crippen molar-refractivity contribution < 1.29 is 4.79 Å². The average molecular weight is 198 g/mol. The van der Waals surface area contributed by atoms with Gasteiger partial charge >= 0.3 is 0 Å². The van der Waals surface area contributed by atoms with Crippen LogP contribution in [0.4, 0.5) is 0 Å². The number of hydrogen-bond donors (Lipinski definition) is 1. The molecule has 1 amide bonds. The highest BCUT2D eigenvalue weighted by Gasteiger charge is 2.23. The minimum absolute atomic E-state index is 0.206. The van der Waals surface area contributed by atoms with E-state index < -0.39 is 0 Å². The molecule has 0 radical (unpaired) electrons. The highest BCUT2D eigenvalue weighted by atomic mass is 16.2. The Hall–Kier alpha value is -0.570. The van der Waals surface area contributed by atoms with Gasteiger partial charge in [-0.05, 0) is 18.9 Å². The molecule has 2 atom stereocenters. The van der Waals surface area contributed by atoms with E-state index in [4.69, 9.17) is 0 Å². The molecule has 1 heterocycles. The number of nitrogens with zero attached hydrogens (tertiary/aromatic N) is 1. The highest BCUT2D eigenvalue weighted by molar-refractivity contribution is 5.73. The Kier molecular flexibility index (Phi) is 4.39. The molecular weight excluding hydrogens is 176 g/mol. The van der Waals surface area contributed by atoms with Crippen LogP contribution < -0.4 is 5.32 Å². The number of carbonyl (C=O) groups is 1. The third-order valence-corrected chi connectivity index (χ3v) is 3.09. The normalized spacial score (nSPS) is 23.9. The Bertz CT molecular complexity index is 194. The molecule has 1 fully saturated rings. The topological polar surface area (TPSA) is 32.3 Å². The van der Waals surface area contributed by atoms with E-state index in [1.54, 1.807) is 6.92 Å². The second-order valence-electron chi connectivity index (χ2n) is 4.37. The number of hydrogen-bond acceptors (Lipinski definition) is 2. The summed E-state index contributed by atoms with van der Waals surface area (Å²) in [5.41, 5.74) is 0. The van der Waals surface area contributed by atoms with Crippen molar-refractivity contribution in [3.05, 3.63) is 0 Å². The van der Waals surface area contributed by atoms with Crippen molar-refractivity contribution in [1.82, 2.24) is 10.2 Å². The van der Waals surface area contributed by atoms with Crippen LogP contribution in [0.5, 0.6) is 0 Å². The zero-order chi connectivity index (χ0) is 10.6. The van der Waals surface area contributed by atoms with E-state index in [0.717, 1.165) is 32.0 Å². The van der Waals surface area contributed by atoms with Crippen LogP contribution in [0.3, 0.4) is 0 Å². The van der Waals surface area contributed by atoms with Crippen LogP contribution in [0.1, 0.15) is 33.6 Å². The smallest absolute Gasteiger partial charge is 0.219 e. The maximum absolute atomic E-state index is 11.1. The third kappa shape index (κ3) is 3.29. The fraction of sp³-hybridized carbons (Fsp3) is 0.909. The molecule has 0 saturated carbocycles. The molecule has 1 aliphatic heterocycles. The summed E-state index contributed by atoms with van der Waals surface area (Å²) in [4.78, 5) is 13.0. The van der Waals surface area contributed by atoms with Gasteiger partial charge in [0.05, 0.1) is 0 Å². The molecule has 0 aromatic heterocycles. The summed E-state index contributed by atoms with van der Waals surface area (Å²) in [5.74, 6) is 0.944. The van der Waals surface area contributed by atoms with Crippen LogP contribution in [-0.4, -0.2) is 36.5 Å². The van der Waals surface area contributed by atoms with E-state index in [9.17, 15) is 4.79 Å². The lowest BCUT2D eigenvalue weighted by atomic mass is 10.1. The summed E-state index contributed by atoms with van der Waals surface area (Å²) < 4.78 is 0. The van der Waals surface area contributed by atoms with Gasteiger partial charge in [0.1, 0.15) is 0 Å². The van der Waals surface area contributed by atoms with Crippen molar-refractivity contribution in [2.75, 3.05) is 19.6 Å². The van der Waals surface area contributed by atoms with E-state index in [-0.39, 0.29) is 5.91 Å². The standard InChI is InChI=1S/C11H22N2O/c1-4-9(2)7-12-11-5-6-13(8-11)10(3)14/h9,11-12H,4-8H2,1-3H3. The number of likely N-dealkylation sites (tertiary alicyclic amines) is 1. The SMILES string of the molecule is CCC(C)CNC1CCN(C(C)=O)C1. The Morgan fingerprint density at radius 2 is 2.36 bits per heavy atom. The first-order valence-electron chi connectivity index (χ1n) is 5.62. The van der Waals surface area contributed by atoms with Gasteiger partial charge in [-0.3, -0.25) is 4.79 Å². The van der Waals surface area contributed by atoms with Gasteiger partial charge in [0, 0.05) is 26.1 Å². The van der Waals surface area contributed by atoms with E-state index in [2.05, 4.69) is 19.2 Å². The predicted molar refractivity (Wildman–Crippen MR) is 58.1 cm³/mol. The summed E-state index contributed by atoms with van der Waals surface area (Å²) in [6, 6.07) is 0.521. The van der Waals surface area contributed by atoms with Crippen molar-refractivity contribution >= 4 is 5.91 Å². The fourth-order valence-electron chi connectivity index (χ4n) is 1.73. The lowest BCUT2D eigenvalue weighted by Gasteiger charge is -2.17. The first-order valence-corrected chi connectivity index (χ1v) is 5.62. The molecule has 3 nitrogen and oxygen atoms in total. The van der Waals surface area contributed by atoms with Crippen LogP contribution in [0.15, 0.2) is 0 Å². The summed E-state index contributed by atoms with van der Waals surface area (Å²) in [5, 5.41) is 3.52. The summed E-state index contributed by atoms with van der Waals surface area (Å²) in [6.07, 6.45) is 2.33. The summed E-state index contributed by atoms with van der Waals surface area (Å²) in [6.45, 7) is 9.01. The molecule has 0 aromatic rings. The monoisotopic (exact) mass is 198 g/mol. The fourth-order valence-corrected chi connectivity index (χ4v) is 1.73. The van der Waals surface area contributed by atoms with Crippen molar-refractivity contribution in [3.63, 3.8) is 0 Å². The van der Waals surface area contributed by atoms with Gasteiger partial charge in [-0.25, -0.2) is 0 Å². The van der Waals surface area contributed by atoms with Crippen LogP contribution in [0.2, 0.25) is 0 Å². The molecule has 0 bridgehead atoms. The van der Waals surface area contributed by atoms with Crippen molar-refractivity contribution in [1.29, 1.82) is 0 Å². The molecule has 3 heteroatoms. The molecular formula is C11H22N2O. The number of nitrogens with one attached hydrogen (secondary N) is 1. The molecule has 0 spiro atoms. The van der Waals surface area contributed by atoms with Crippen LogP contribution in [-0.2, 0) is 4.79 Å². The van der Waals surface area contributed by atoms with Crippen LogP contribution in [0, 0.1) is 5.92 Å². The molecule has 14 heavy (non-hydrogen) atoms. The molecule has 1 N–H and O–H groups in total. The largest absolute Gasteiger partial charge is 0.341 e. The lowest BCUT2D eigenvalue weighted by Crippen LogP contribution is -2.36. The number of amides is 1. The zero-order valence-corrected chi connectivity index (χ0v) is 9.55. The molecule has 1 aliphatic rings. The van der Waals surface area contributed by atoms with Gasteiger partial charge in [0.2, 0.25) is 5.91 Å². The minimum atomic E-state index is 0.206. The van der Waals surface area contributed by atoms with Crippen molar-refractivity contribution in [3.8, 4) is 0 Å². The quantitative estimate of drug-likeness (QED) is 0.737. The van der Waals surface area contributed by atoms with Gasteiger partial charge in [0.25, 0.3) is 0 Å². The predicted octanol–water partition coefficient (Wildman–Crippen LogP) is 1.24. The molecule has 82 valence electrons. The maximum Gasteiger partial charge on any atom is 0.219 e. The van der Waals surface area contributed by atoms with Gasteiger partial charge in [-0.1, -0.05) is 20.3 Å². The summed E-state index contributed by atoms with van der Waals surface area (Å²) >= 11 is 0. The molecule has 2 unspecified atom stereocenters. The molecule has 1 saturated heterocycles. The van der Waals surface area contributed by atoms with Gasteiger partial charge in [-0.15, -0.1) is 0 Å². The Morgan fingerprint density at radius 1 is 1.64 bits per heavy atom. The molecule has 0 aliphatic carbocycles. The Morgan fingerprint density at radius 3 is 2.86 bits per heavy atom. The van der Waals surface area contributed by atoms with Gasteiger partial charge in [-0.2, -0.15) is 0 Å². The van der Waals surface area contributed by atoms with Gasteiger partial charge in [0.15, 0.2) is 0 Å².